The smallest absolute Gasteiger partial charge is 0.135 e. The van der Waals surface area contributed by atoms with E-state index >= 15 is 0 Å². The molecule has 0 aliphatic carbocycles. The molecule has 0 saturated heterocycles. The van der Waals surface area contributed by atoms with Crippen molar-refractivity contribution in [2.75, 3.05) is 11.9 Å². The van der Waals surface area contributed by atoms with Gasteiger partial charge in [-0.1, -0.05) is 12.1 Å². The summed E-state index contributed by atoms with van der Waals surface area (Å²) in [6.45, 7) is 4.11. The average Bonchev–Trinajstić information content (AvgIpc) is 2.37. The number of pyridine rings is 1. The van der Waals surface area contributed by atoms with Gasteiger partial charge in [-0.2, -0.15) is 0 Å². The van der Waals surface area contributed by atoms with E-state index in [2.05, 4.69) is 35.0 Å². The predicted molar refractivity (Wildman–Crippen MR) is 74.1 cm³/mol. The van der Waals surface area contributed by atoms with Crippen molar-refractivity contribution in [3.63, 3.8) is 0 Å². The molecule has 0 saturated carbocycles. The van der Waals surface area contributed by atoms with Gasteiger partial charge in [-0.25, -0.2) is 4.98 Å². The van der Waals surface area contributed by atoms with E-state index in [1.807, 2.05) is 26.1 Å². The number of aryl methyl sites for hydroxylation is 2. The van der Waals surface area contributed by atoms with Crippen molar-refractivity contribution in [1.82, 2.24) is 4.98 Å². The van der Waals surface area contributed by atoms with Crippen LogP contribution in [0.25, 0.3) is 0 Å². The first-order valence-electron chi connectivity index (χ1n) is 5.98. The number of rotatable bonds is 3. The van der Waals surface area contributed by atoms with Crippen LogP contribution in [-0.2, 0) is 6.61 Å². The Balaban J connectivity index is 2.37. The number of nitrogens with zero attached hydrogens (tertiary/aromatic N) is 2. The number of aliphatic hydroxyl groups is 1. The molecule has 0 aliphatic heterocycles. The van der Waals surface area contributed by atoms with Crippen LogP contribution in [0, 0.1) is 13.8 Å². The number of hydrogen-bond donors (Lipinski definition) is 1. The number of hydrogen-bond acceptors (Lipinski definition) is 3. The Bertz CT molecular complexity index is 552. The quantitative estimate of drug-likeness (QED) is 0.899. The van der Waals surface area contributed by atoms with E-state index in [-0.39, 0.29) is 6.61 Å². The SMILES string of the molecule is Cc1cccc(N(C)c2ncc(CO)cc2C)c1. The lowest BCUT2D eigenvalue weighted by Crippen LogP contribution is -2.13. The lowest BCUT2D eigenvalue weighted by atomic mass is 10.1. The molecule has 0 bridgehead atoms. The zero-order valence-corrected chi connectivity index (χ0v) is 11.0. The van der Waals surface area contributed by atoms with Crippen LogP contribution in [0.3, 0.4) is 0 Å². The Morgan fingerprint density at radius 3 is 2.61 bits per heavy atom. The van der Waals surface area contributed by atoms with Crippen LogP contribution in [0.1, 0.15) is 16.7 Å². The van der Waals surface area contributed by atoms with Crippen LogP contribution in [0.4, 0.5) is 11.5 Å². The van der Waals surface area contributed by atoms with Gasteiger partial charge < -0.3 is 10.0 Å². The third-order valence-corrected chi connectivity index (χ3v) is 3.00. The van der Waals surface area contributed by atoms with Crippen LogP contribution in [0.15, 0.2) is 36.5 Å². The van der Waals surface area contributed by atoms with Crippen LogP contribution < -0.4 is 4.90 Å². The summed E-state index contributed by atoms with van der Waals surface area (Å²) in [5.41, 5.74) is 4.24. The van der Waals surface area contributed by atoms with E-state index in [4.69, 9.17) is 5.11 Å². The third-order valence-electron chi connectivity index (χ3n) is 3.00. The second kappa shape index (κ2) is 5.19. The first-order valence-corrected chi connectivity index (χ1v) is 5.98. The van der Waals surface area contributed by atoms with Gasteiger partial charge in [0.15, 0.2) is 0 Å². The summed E-state index contributed by atoms with van der Waals surface area (Å²) >= 11 is 0. The third kappa shape index (κ3) is 2.51. The fraction of sp³-hybridized carbons (Fsp3) is 0.267. The van der Waals surface area contributed by atoms with Gasteiger partial charge in [-0.3, -0.25) is 0 Å². The monoisotopic (exact) mass is 242 g/mol. The minimum absolute atomic E-state index is 0.0300. The summed E-state index contributed by atoms with van der Waals surface area (Å²) in [5.74, 6) is 0.915. The molecule has 1 N–H and O–H groups in total. The molecule has 94 valence electrons. The molecule has 0 spiro atoms. The van der Waals surface area contributed by atoms with Crippen LogP contribution in [0.2, 0.25) is 0 Å². The van der Waals surface area contributed by atoms with Crippen LogP contribution >= 0.6 is 0 Å². The average molecular weight is 242 g/mol. The summed E-state index contributed by atoms with van der Waals surface area (Å²) in [6, 6.07) is 10.3. The number of benzene rings is 1. The summed E-state index contributed by atoms with van der Waals surface area (Å²) in [4.78, 5) is 6.48. The van der Waals surface area contributed by atoms with Gasteiger partial charge in [-0.15, -0.1) is 0 Å². The summed E-state index contributed by atoms with van der Waals surface area (Å²) < 4.78 is 0. The topological polar surface area (TPSA) is 36.4 Å². The van der Waals surface area contributed by atoms with Gasteiger partial charge in [0.1, 0.15) is 5.82 Å². The highest BCUT2D eigenvalue weighted by molar-refractivity contribution is 5.62. The van der Waals surface area contributed by atoms with Crippen LogP contribution in [-0.4, -0.2) is 17.1 Å². The molecule has 0 unspecified atom stereocenters. The number of aliphatic hydroxyl groups excluding tert-OH is 1. The molecular formula is C15H18N2O. The minimum Gasteiger partial charge on any atom is -0.392 e. The fourth-order valence-corrected chi connectivity index (χ4v) is 2.02. The Hall–Kier alpha value is -1.87. The lowest BCUT2D eigenvalue weighted by molar-refractivity contribution is 0.281. The van der Waals surface area contributed by atoms with E-state index in [9.17, 15) is 0 Å². The van der Waals surface area contributed by atoms with Gasteiger partial charge >= 0.3 is 0 Å². The van der Waals surface area contributed by atoms with Crippen molar-refractivity contribution in [2.45, 2.75) is 20.5 Å². The molecule has 2 rings (SSSR count). The van der Waals surface area contributed by atoms with Crippen LogP contribution in [0.5, 0.6) is 0 Å². The molecule has 18 heavy (non-hydrogen) atoms. The second-order valence-corrected chi connectivity index (χ2v) is 4.54. The highest BCUT2D eigenvalue weighted by Crippen LogP contribution is 2.25. The van der Waals surface area contributed by atoms with Crippen molar-refractivity contribution < 1.29 is 5.11 Å². The first-order chi connectivity index (χ1) is 8.61. The zero-order chi connectivity index (χ0) is 13.1. The normalized spacial score (nSPS) is 10.4. The largest absolute Gasteiger partial charge is 0.392 e. The summed E-state index contributed by atoms with van der Waals surface area (Å²) in [6.07, 6.45) is 1.72. The maximum absolute atomic E-state index is 9.09. The Labute approximate surface area is 108 Å². The van der Waals surface area contributed by atoms with Gasteiger partial charge in [-0.05, 0) is 48.7 Å². The standard InChI is InChI=1S/C15H18N2O/c1-11-5-4-6-14(7-11)17(3)15-12(2)8-13(10-18)9-16-15/h4-9,18H,10H2,1-3H3. The van der Waals surface area contributed by atoms with Crippen molar-refractivity contribution in [3.05, 3.63) is 53.2 Å². The van der Waals surface area contributed by atoms with Crippen molar-refractivity contribution in [3.8, 4) is 0 Å². The maximum atomic E-state index is 9.09. The van der Waals surface area contributed by atoms with E-state index in [1.54, 1.807) is 6.20 Å². The van der Waals surface area contributed by atoms with E-state index in [1.165, 1.54) is 5.56 Å². The second-order valence-electron chi connectivity index (χ2n) is 4.54. The van der Waals surface area contributed by atoms with Crippen molar-refractivity contribution in [1.29, 1.82) is 0 Å². The molecule has 0 radical (unpaired) electrons. The number of anilines is 2. The molecule has 3 heteroatoms. The lowest BCUT2D eigenvalue weighted by Gasteiger charge is -2.21. The predicted octanol–water partition coefficient (Wildman–Crippen LogP) is 2.96. The van der Waals surface area contributed by atoms with Gasteiger partial charge in [0.2, 0.25) is 0 Å². The van der Waals surface area contributed by atoms with E-state index in [0.717, 1.165) is 22.6 Å². The zero-order valence-electron chi connectivity index (χ0n) is 11.0. The molecule has 3 nitrogen and oxygen atoms in total. The maximum Gasteiger partial charge on any atom is 0.135 e. The molecule has 0 amide bonds. The van der Waals surface area contributed by atoms with Gasteiger partial charge in [0.05, 0.1) is 6.61 Å². The van der Waals surface area contributed by atoms with E-state index in [0.29, 0.717) is 0 Å². The van der Waals surface area contributed by atoms with Gasteiger partial charge in [0, 0.05) is 18.9 Å². The Kier molecular flexibility index (Phi) is 3.63. The molecule has 0 atom stereocenters. The fourth-order valence-electron chi connectivity index (χ4n) is 2.02. The molecule has 1 heterocycles. The highest BCUT2D eigenvalue weighted by Gasteiger charge is 2.09. The Morgan fingerprint density at radius 1 is 1.22 bits per heavy atom. The summed E-state index contributed by atoms with van der Waals surface area (Å²) in [7, 11) is 2.00. The summed E-state index contributed by atoms with van der Waals surface area (Å²) in [5, 5.41) is 9.09. The number of aromatic nitrogens is 1. The molecule has 2 aromatic rings. The van der Waals surface area contributed by atoms with E-state index < -0.39 is 0 Å². The molecular weight excluding hydrogens is 224 g/mol. The van der Waals surface area contributed by atoms with Crippen molar-refractivity contribution in [2.24, 2.45) is 0 Å². The molecule has 0 aliphatic rings. The molecule has 1 aromatic carbocycles. The molecule has 0 fully saturated rings. The van der Waals surface area contributed by atoms with Crippen molar-refractivity contribution >= 4 is 11.5 Å². The minimum atomic E-state index is 0.0300. The molecule has 1 aromatic heterocycles. The Morgan fingerprint density at radius 2 is 2.00 bits per heavy atom. The van der Waals surface area contributed by atoms with Gasteiger partial charge in [0.25, 0.3) is 0 Å². The first kappa shape index (κ1) is 12.6. The highest BCUT2D eigenvalue weighted by atomic mass is 16.3.